The number of rotatable bonds is 1. The molecule has 1 aromatic carbocycles. The summed E-state index contributed by atoms with van der Waals surface area (Å²) in [5.74, 6) is 0. The van der Waals surface area contributed by atoms with Crippen LogP contribution >= 0.6 is 0 Å². The van der Waals surface area contributed by atoms with Crippen LogP contribution in [0.2, 0.25) is 0 Å². The largest absolute Gasteiger partial charge is 0.422 e. The fraction of sp³-hybridized carbons (Fsp3) is 0. The first kappa shape index (κ1) is 9.65. The Balaban J connectivity index is 2.32. The zero-order chi connectivity index (χ0) is 11.8. The van der Waals surface area contributed by atoms with Crippen LogP contribution in [0.4, 0.5) is 5.69 Å². The lowest BCUT2D eigenvalue weighted by Gasteiger charge is -2.00. The highest BCUT2D eigenvalue weighted by atomic mass is 16.4. The second-order valence-corrected chi connectivity index (χ2v) is 3.72. The smallest absolute Gasteiger partial charge is 0.345 e. The summed E-state index contributed by atoms with van der Waals surface area (Å²) in [6.45, 7) is 0. The molecule has 0 aliphatic carbocycles. The lowest BCUT2D eigenvalue weighted by atomic mass is 10.1. The van der Waals surface area contributed by atoms with E-state index < -0.39 is 5.63 Å². The van der Waals surface area contributed by atoms with Crippen LogP contribution in [0.1, 0.15) is 0 Å². The van der Waals surface area contributed by atoms with Gasteiger partial charge in [-0.2, -0.15) is 5.10 Å². The normalized spacial score (nSPS) is 10.8. The Morgan fingerprint density at radius 1 is 1.24 bits per heavy atom. The van der Waals surface area contributed by atoms with Crippen molar-refractivity contribution in [3.63, 3.8) is 0 Å². The van der Waals surface area contributed by atoms with Crippen LogP contribution < -0.4 is 11.4 Å². The Bertz CT molecular complexity index is 729. The number of benzene rings is 1. The van der Waals surface area contributed by atoms with Crippen LogP contribution in [-0.4, -0.2) is 10.2 Å². The Kier molecular flexibility index (Phi) is 1.98. The van der Waals surface area contributed by atoms with Crippen LogP contribution in [0, 0.1) is 0 Å². The fourth-order valence-corrected chi connectivity index (χ4v) is 1.72. The number of aromatic amines is 1. The third-order valence-electron chi connectivity index (χ3n) is 2.55. The van der Waals surface area contributed by atoms with Gasteiger partial charge < -0.3 is 10.2 Å². The molecule has 0 radical (unpaired) electrons. The zero-order valence-corrected chi connectivity index (χ0v) is 8.81. The number of hydrogen-bond acceptors (Lipinski definition) is 4. The molecule has 0 saturated heterocycles. The van der Waals surface area contributed by atoms with Crippen molar-refractivity contribution in [1.29, 1.82) is 0 Å². The summed E-state index contributed by atoms with van der Waals surface area (Å²) in [5.41, 5.74) is 7.36. The van der Waals surface area contributed by atoms with Crippen molar-refractivity contribution in [3.8, 4) is 11.3 Å². The van der Waals surface area contributed by atoms with Gasteiger partial charge in [0.05, 0.1) is 11.3 Å². The molecule has 0 aliphatic heterocycles. The van der Waals surface area contributed by atoms with E-state index in [1.54, 1.807) is 30.5 Å². The average molecular weight is 227 g/mol. The van der Waals surface area contributed by atoms with Crippen molar-refractivity contribution in [2.75, 3.05) is 5.73 Å². The molecule has 0 bridgehead atoms. The van der Waals surface area contributed by atoms with E-state index in [-0.39, 0.29) is 0 Å². The van der Waals surface area contributed by atoms with Crippen molar-refractivity contribution in [1.82, 2.24) is 10.2 Å². The average Bonchev–Trinajstić information content (AvgIpc) is 2.81. The predicted molar refractivity (Wildman–Crippen MR) is 64.5 cm³/mol. The quantitative estimate of drug-likeness (QED) is 0.490. The van der Waals surface area contributed by atoms with Gasteiger partial charge in [0, 0.05) is 23.3 Å². The molecular weight excluding hydrogens is 218 g/mol. The molecule has 0 spiro atoms. The minimum Gasteiger partial charge on any atom is -0.422 e. The predicted octanol–water partition coefficient (Wildman–Crippen LogP) is 1.77. The van der Waals surface area contributed by atoms with Crippen molar-refractivity contribution in [2.45, 2.75) is 0 Å². The molecule has 2 aromatic heterocycles. The van der Waals surface area contributed by atoms with Crippen LogP contribution in [0.3, 0.4) is 0 Å². The number of nitrogens with two attached hydrogens (primary N) is 1. The third kappa shape index (κ3) is 1.57. The monoisotopic (exact) mass is 227 g/mol. The van der Waals surface area contributed by atoms with Crippen molar-refractivity contribution >= 4 is 16.7 Å². The van der Waals surface area contributed by atoms with E-state index in [9.17, 15) is 4.79 Å². The second-order valence-electron chi connectivity index (χ2n) is 3.72. The molecule has 0 atom stereocenters. The first-order chi connectivity index (χ1) is 8.24. The number of hydrogen-bond donors (Lipinski definition) is 2. The molecule has 0 aliphatic rings. The number of aromatic nitrogens is 2. The minimum atomic E-state index is -0.410. The van der Waals surface area contributed by atoms with E-state index in [2.05, 4.69) is 10.2 Å². The van der Waals surface area contributed by atoms with Crippen LogP contribution in [-0.2, 0) is 0 Å². The van der Waals surface area contributed by atoms with Crippen LogP contribution in [0.5, 0.6) is 0 Å². The van der Waals surface area contributed by atoms with Gasteiger partial charge in [-0.1, -0.05) is 0 Å². The van der Waals surface area contributed by atoms with E-state index in [0.29, 0.717) is 22.5 Å². The molecule has 84 valence electrons. The van der Waals surface area contributed by atoms with Gasteiger partial charge in [0.25, 0.3) is 0 Å². The lowest BCUT2D eigenvalue weighted by Crippen LogP contribution is -2.03. The Morgan fingerprint density at radius 2 is 2.12 bits per heavy atom. The third-order valence-corrected chi connectivity index (χ3v) is 2.55. The summed E-state index contributed by atoms with van der Waals surface area (Å²) < 4.78 is 5.21. The van der Waals surface area contributed by atoms with Crippen LogP contribution in [0.25, 0.3) is 22.2 Å². The summed E-state index contributed by atoms with van der Waals surface area (Å²) in [7, 11) is 0. The second kappa shape index (κ2) is 3.48. The van der Waals surface area contributed by atoms with Crippen molar-refractivity contribution in [3.05, 3.63) is 46.9 Å². The van der Waals surface area contributed by atoms with Crippen molar-refractivity contribution < 1.29 is 4.42 Å². The lowest BCUT2D eigenvalue weighted by molar-refractivity contribution is 0.563. The Labute approximate surface area is 95.9 Å². The molecular formula is C12H9N3O2. The molecule has 0 unspecified atom stereocenters. The highest BCUT2D eigenvalue weighted by Gasteiger charge is 2.08. The Morgan fingerprint density at radius 3 is 2.88 bits per heavy atom. The fourth-order valence-electron chi connectivity index (χ4n) is 1.72. The summed E-state index contributed by atoms with van der Waals surface area (Å²) in [5, 5.41) is 7.37. The molecule has 0 saturated carbocycles. The number of fused-ring (bicyclic) bond motifs is 1. The maximum atomic E-state index is 11.8. The van der Waals surface area contributed by atoms with E-state index in [1.165, 1.54) is 0 Å². The number of anilines is 1. The van der Waals surface area contributed by atoms with Gasteiger partial charge in [-0.25, -0.2) is 4.79 Å². The molecule has 3 rings (SSSR count). The summed E-state index contributed by atoms with van der Waals surface area (Å²) in [4.78, 5) is 11.8. The first-order valence-electron chi connectivity index (χ1n) is 5.07. The van der Waals surface area contributed by atoms with Gasteiger partial charge in [0.1, 0.15) is 5.58 Å². The van der Waals surface area contributed by atoms with E-state index >= 15 is 0 Å². The van der Waals surface area contributed by atoms with Crippen molar-refractivity contribution in [2.24, 2.45) is 0 Å². The number of nitrogen functional groups attached to an aromatic ring is 1. The number of nitrogens with zero attached hydrogens (tertiary/aromatic N) is 1. The van der Waals surface area contributed by atoms with Gasteiger partial charge >= 0.3 is 5.63 Å². The Hall–Kier alpha value is -2.56. The maximum absolute atomic E-state index is 11.8. The van der Waals surface area contributed by atoms with Gasteiger partial charge in [0.2, 0.25) is 0 Å². The summed E-state index contributed by atoms with van der Waals surface area (Å²) in [6.07, 6.45) is 1.59. The zero-order valence-electron chi connectivity index (χ0n) is 8.81. The molecule has 0 amide bonds. The van der Waals surface area contributed by atoms with Gasteiger partial charge in [-0.15, -0.1) is 0 Å². The van der Waals surface area contributed by atoms with E-state index in [1.807, 2.05) is 6.07 Å². The van der Waals surface area contributed by atoms with E-state index in [0.717, 1.165) is 5.39 Å². The molecule has 2 heterocycles. The first-order valence-corrected chi connectivity index (χ1v) is 5.07. The highest BCUT2D eigenvalue weighted by molar-refractivity contribution is 5.83. The maximum Gasteiger partial charge on any atom is 0.345 e. The molecule has 0 fully saturated rings. The van der Waals surface area contributed by atoms with Gasteiger partial charge in [-0.05, 0) is 24.3 Å². The molecule has 17 heavy (non-hydrogen) atoms. The van der Waals surface area contributed by atoms with Gasteiger partial charge in [-0.3, -0.25) is 5.10 Å². The summed E-state index contributed by atoms with van der Waals surface area (Å²) >= 11 is 0. The topological polar surface area (TPSA) is 84.9 Å². The standard InChI is InChI=1S/C12H9N3O2/c13-8-2-1-7-5-9(10-3-4-14-15-10)12(16)17-11(7)6-8/h1-6H,13H2,(H,14,15). The SMILES string of the molecule is Nc1ccc2cc(-c3ccn[nH]3)c(=O)oc2c1. The minimum absolute atomic E-state index is 0.410. The number of H-pyrrole nitrogens is 1. The van der Waals surface area contributed by atoms with E-state index in [4.69, 9.17) is 10.2 Å². The molecule has 3 aromatic rings. The molecule has 5 nitrogen and oxygen atoms in total. The highest BCUT2D eigenvalue weighted by Crippen LogP contribution is 2.20. The summed E-state index contributed by atoms with van der Waals surface area (Å²) in [6, 6.07) is 8.68. The van der Waals surface area contributed by atoms with Gasteiger partial charge in [0.15, 0.2) is 0 Å². The number of nitrogens with one attached hydrogen (secondary N) is 1. The molecule has 3 N–H and O–H groups in total. The molecule has 5 heteroatoms. The van der Waals surface area contributed by atoms with Crippen LogP contribution in [0.15, 0.2) is 45.7 Å².